The fraction of sp³-hybridized carbons (Fsp3) is 0.167. The Bertz CT molecular complexity index is 1020. The SMILES string of the molecule is COc1cc(/C=C/c2ccccc2)cc(OC(=O)n2ccnc2)c1CC=C(C)C. The second-order valence-corrected chi connectivity index (χ2v) is 6.77. The number of ether oxygens (including phenoxy) is 2. The second-order valence-electron chi connectivity index (χ2n) is 6.77. The first-order chi connectivity index (χ1) is 14.1. The van der Waals surface area contributed by atoms with Crippen LogP contribution >= 0.6 is 0 Å². The number of hydrogen-bond acceptors (Lipinski definition) is 4. The summed E-state index contributed by atoms with van der Waals surface area (Å²) in [4.78, 5) is 16.4. The van der Waals surface area contributed by atoms with Crippen LogP contribution in [0.15, 0.2) is 72.8 Å². The Hall–Kier alpha value is -3.60. The summed E-state index contributed by atoms with van der Waals surface area (Å²) >= 11 is 0. The van der Waals surface area contributed by atoms with Gasteiger partial charge in [0.2, 0.25) is 0 Å². The average molecular weight is 388 g/mol. The molecule has 0 amide bonds. The van der Waals surface area contributed by atoms with Gasteiger partial charge in [-0.3, -0.25) is 0 Å². The third-order valence-corrected chi connectivity index (χ3v) is 4.31. The molecule has 1 aromatic heterocycles. The molecule has 0 aliphatic carbocycles. The fourth-order valence-electron chi connectivity index (χ4n) is 2.79. The molecule has 2 aromatic carbocycles. The van der Waals surface area contributed by atoms with Crippen molar-refractivity contribution >= 4 is 18.2 Å². The molecular weight excluding hydrogens is 364 g/mol. The van der Waals surface area contributed by atoms with Crippen LogP contribution in [0.3, 0.4) is 0 Å². The number of nitrogens with zero attached hydrogens (tertiary/aromatic N) is 2. The van der Waals surface area contributed by atoms with Crippen molar-refractivity contribution in [3.63, 3.8) is 0 Å². The highest BCUT2D eigenvalue weighted by atomic mass is 16.6. The van der Waals surface area contributed by atoms with Crippen molar-refractivity contribution in [1.82, 2.24) is 9.55 Å². The number of rotatable bonds is 6. The molecule has 0 unspecified atom stereocenters. The van der Waals surface area contributed by atoms with Crippen molar-refractivity contribution in [2.45, 2.75) is 20.3 Å². The van der Waals surface area contributed by atoms with Crippen LogP contribution in [0.2, 0.25) is 0 Å². The maximum absolute atomic E-state index is 12.5. The molecule has 0 bridgehead atoms. The molecular formula is C24H24N2O3. The number of carbonyl (C=O) groups excluding carboxylic acids is 1. The number of imidazole rings is 1. The molecule has 3 aromatic rings. The van der Waals surface area contributed by atoms with Crippen molar-refractivity contribution in [2.75, 3.05) is 7.11 Å². The summed E-state index contributed by atoms with van der Waals surface area (Å²) in [5.41, 5.74) is 3.95. The standard InChI is InChI=1S/C24H24N2O3/c1-18(2)9-12-21-22(28-3)15-20(11-10-19-7-5-4-6-8-19)16-23(21)29-24(27)26-14-13-25-17-26/h4-11,13-17H,12H2,1-3H3/b11-10+. The van der Waals surface area contributed by atoms with Gasteiger partial charge >= 0.3 is 6.09 Å². The minimum atomic E-state index is -0.521. The molecule has 0 radical (unpaired) electrons. The van der Waals surface area contributed by atoms with Gasteiger partial charge in [0, 0.05) is 18.0 Å². The van der Waals surface area contributed by atoms with E-state index in [4.69, 9.17) is 9.47 Å². The molecule has 29 heavy (non-hydrogen) atoms. The van der Waals surface area contributed by atoms with Gasteiger partial charge in [0.05, 0.1) is 7.11 Å². The third-order valence-electron chi connectivity index (χ3n) is 4.31. The van der Waals surface area contributed by atoms with Crippen LogP contribution in [0, 0.1) is 0 Å². The molecule has 5 nitrogen and oxygen atoms in total. The highest BCUT2D eigenvalue weighted by Crippen LogP contribution is 2.33. The molecule has 1 heterocycles. The first-order valence-electron chi connectivity index (χ1n) is 9.34. The van der Waals surface area contributed by atoms with Crippen LogP contribution in [-0.2, 0) is 6.42 Å². The number of hydrogen-bond donors (Lipinski definition) is 0. The van der Waals surface area contributed by atoms with Crippen molar-refractivity contribution < 1.29 is 14.3 Å². The molecule has 0 saturated heterocycles. The van der Waals surface area contributed by atoms with E-state index in [9.17, 15) is 4.79 Å². The van der Waals surface area contributed by atoms with E-state index in [1.165, 1.54) is 22.7 Å². The van der Waals surface area contributed by atoms with E-state index in [2.05, 4.69) is 11.1 Å². The Morgan fingerprint density at radius 2 is 1.79 bits per heavy atom. The zero-order valence-corrected chi connectivity index (χ0v) is 16.8. The lowest BCUT2D eigenvalue weighted by molar-refractivity contribution is 0.201. The van der Waals surface area contributed by atoms with E-state index >= 15 is 0 Å². The van der Waals surface area contributed by atoms with Gasteiger partial charge in [-0.1, -0.05) is 54.1 Å². The summed E-state index contributed by atoms with van der Waals surface area (Å²) in [6.07, 6.45) is 10.6. The lowest BCUT2D eigenvalue weighted by Crippen LogP contribution is -2.16. The van der Waals surface area contributed by atoms with Gasteiger partial charge in [-0.2, -0.15) is 0 Å². The summed E-state index contributed by atoms with van der Waals surface area (Å²) in [5, 5.41) is 0. The predicted molar refractivity (Wildman–Crippen MR) is 115 cm³/mol. The zero-order valence-electron chi connectivity index (χ0n) is 16.8. The van der Waals surface area contributed by atoms with E-state index < -0.39 is 6.09 Å². The van der Waals surface area contributed by atoms with Gasteiger partial charge in [0.15, 0.2) is 0 Å². The van der Waals surface area contributed by atoms with Gasteiger partial charge in [0.25, 0.3) is 0 Å². The molecule has 5 heteroatoms. The zero-order chi connectivity index (χ0) is 20.6. The van der Waals surface area contributed by atoms with Gasteiger partial charge in [-0.15, -0.1) is 0 Å². The van der Waals surface area contributed by atoms with Gasteiger partial charge in [0.1, 0.15) is 17.8 Å². The van der Waals surface area contributed by atoms with Crippen molar-refractivity contribution in [3.8, 4) is 11.5 Å². The number of allylic oxidation sites excluding steroid dienone is 2. The molecule has 3 rings (SSSR count). The molecule has 0 spiro atoms. The molecule has 0 saturated carbocycles. The lowest BCUT2D eigenvalue weighted by atomic mass is 10.0. The van der Waals surface area contributed by atoms with Crippen LogP contribution < -0.4 is 9.47 Å². The Morgan fingerprint density at radius 3 is 2.45 bits per heavy atom. The van der Waals surface area contributed by atoms with Crippen LogP contribution in [0.5, 0.6) is 11.5 Å². The molecule has 0 N–H and O–H groups in total. The van der Waals surface area contributed by atoms with E-state index in [-0.39, 0.29) is 0 Å². The lowest BCUT2D eigenvalue weighted by Gasteiger charge is -2.15. The highest BCUT2D eigenvalue weighted by molar-refractivity contribution is 5.76. The first-order valence-corrected chi connectivity index (χ1v) is 9.34. The number of aromatic nitrogens is 2. The predicted octanol–water partition coefficient (Wildman–Crippen LogP) is 5.62. The monoisotopic (exact) mass is 388 g/mol. The highest BCUT2D eigenvalue weighted by Gasteiger charge is 2.16. The van der Waals surface area contributed by atoms with E-state index in [0.717, 1.165) is 16.7 Å². The Kier molecular flexibility index (Phi) is 6.63. The average Bonchev–Trinajstić information content (AvgIpc) is 3.26. The van der Waals surface area contributed by atoms with Crippen molar-refractivity contribution in [1.29, 1.82) is 0 Å². The maximum atomic E-state index is 12.5. The summed E-state index contributed by atoms with van der Waals surface area (Å²) < 4.78 is 12.6. The van der Waals surface area contributed by atoms with Crippen LogP contribution in [0.25, 0.3) is 12.2 Å². The smallest absolute Gasteiger partial charge is 0.424 e. The number of methoxy groups -OCH3 is 1. The van der Waals surface area contributed by atoms with Crippen molar-refractivity contribution in [2.24, 2.45) is 0 Å². The van der Waals surface area contributed by atoms with Gasteiger partial charge in [-0.25, -0.2) is 14.3 Å². The second kappa shape index (κ2) is 9.55. The van der Waals surface area contributed by atoms with Gasteiger partial charge < -0.3 is 9.47 Å². The van der Waals surface area contributed by atoms with Crippen molar-refractivity contribution in [3.05, 3.63) is 89.5 Å². The minimum Gasteiger partial charge on any atom is -0.496 e. The van der Waals surface area contributed by atoms with Gasteiger partial charge in [-0.05, 0) is 43.5 Å². The molecule has 0 fully saturated rings. The Morgan fingerprint density at radius 1 is 1.07 bits per heavy atom. The number of benzene rings is 2. The van der Waals surface area contributed by atoms with E-state index in [1.807, 2.05) is 68.5 Å². The fourth-order valence-corrected chi connectivity index (χ4v) is 2.79. The minimum absolute atomic E-state index is 0.466. The quantitative estimate of drug-likeness (QED) is 0.406. The van der Waals surface area contributed by atoms with Crippen LogP contribution in [0.1, 0.15) is 30.5 Å². The first kappa shape index (κ1) is 20.1. The summed E-state index contributed by atoms with van der Waals surface area (Å²) in [5.74, 6) is 1.14. The Balaban J connectivity index is 1.99. The van der Waals surface area contributed by atoms with E-state index in [1.54, 1.807) is 13.3 Å². The molecule has 0 atom stereocenters. The maximum Gasteiger partial charge on any atom is 0.424 e. The van der Waals surface area contributed by atoms with Crippen LogP contribution in [0.4, 0.5) is 4.79 Å². The third kappa shape index (κ3) is 5.45. The summed E-state index contributed by atoms with van der Waals surface area (Å²) in [7, 11) is 1.62. The summed E-state index contributed by atoms with van der Waals surface area (Å²) in [6, 6.07) is 13.8. The van der Waals surface area contributed by atoms with E-state index in [0.29, 0.717) is 17.9 Å². The normalized spacial score (nSPS) is 10.7. The molecule has 0 aliphatic heterocycles. The molecule has 148 valence electrons. The number of carbonyl (C=O) groups is 1. The summed E-state index contributed by atoms with van der Waals surface area (Å²) in [6.45, 7) is 4.06. The largest absolute Gasteiger partial charge is 0.496 e. The Labute approximate surface area is 170 Å². The molecule has 0 aliphatic rings. The van der Waals surface area contributed by atoms with Crippen LogP contribution in [-0.4, -0.2) is 22.8 Å². The topological polar surface area (TPSA) is 53.4 Å².